The standard InChI is InChI=1S/C20H30N6O/c1-3-19-24-23-16-25(19)14-12-22-20(21-11-7-15-27-4-2)26-13-10-17-8-5-6-9-18(17)26/h5-6,8-9,16H,3-4,7,10-15H2,1-2H3,(H,21,22). The maximum atomic E-state index is 5.43. The molecule has 0 unspecified atom stereocenters. The first kappa shape index (κ1) is 19.4. The van der Waals surface area contributed by atoms with Crippen LogP contribution in [0.15, 0.2) is 35.6 Å². The van der Waals surface area contributed by atoms with E-state index in [1.807, 2.05) is 6.92 Å². The Kier molecular flexibility index (Phi) is 7.21. The monoisotopic (exact) mass is 370 g/mol. The van der Waals surface area contributed by atoms with Gasteiger partial charge in [-0.3, -0.25) is 4.99 Å². The number of nitrogens with one attached hydrogen (secondary N) is 1. The number of hydrogen-bond acceptors (Lipinski definition) is 4. The highest BCUT2D eigenvalue weighted by Crippen LogP contribution is 2.27. The Morgan fingerprint density at radius 2 is 2.19 bits per heavy atom. The highest BCUT2D eigenvalue weighted by molar-refractivity contribution is 5.97. The maximum absolute atomic E-state index is 5.43. The Morgan fingerprint density at radius 3 is 3.04 bits per heavy atom. The molecule has 0 spiro atoms. The number of aromatic nitrogens is 3. The van der Waals surface area contributed by atoms with Crippen LogP contribution in [-0.2, 0) is 24.1 Å². The lowest BCUT2D eigenvalue weighted by molar-refractivity contribution is 0.146. The summed E-state index contributed by atoms with van der Waals surface area (Å²) in [6, 6.07) is 8.57. The minimum atomic E-state index is 0.754. The number of anilines is 1. The van der Waals surface area contributed by atoms with E-state index in [2.05, 4.69) is 56.2 Å². The predicted molar refractivity (Wildman–Crippen MR) is 108 cm³/mol. The summed E-state index contributed by atoms with van der Waals surface area (Å²) < 4.78 is 7.53. The zero-order chi connectivity index (χ0) is 18.9. The average Bonchev–Trinajstić information content (AvgIpc) is 3.33. The predicted octanol–water partition coefficient (Wildman–Crippen LogP) is 2.28. The highest BCUT2D eigenvalue weighted by atomic mass is 16.5. The summed E-state index contributed by atoms with van der Waals surface area (Å²) in [6.07, 6.45) is 4.67. The first-order valence-corrected chi connectivity index (χ1v) is 9.91. The van der Waals surface area contributed by atoms with Crippen molar-refractivity contribution in [2.75, 3.05) is 37.7 Å². The molecule has 1 aliphatic heterocycles. The number of guanidine groups is 1. The largest absolute Gasteiger partial charge is 0.382 e. The number of fused-ring (bicyclic) bond motifs is 1. The molecule has 7 heteroatoms. The van der Waals surface area contributed by atoms with Crippen molar-refractivity contribution in [2.24, 2.45) is 4.99 Å². The summed E-state index contributed by atoms with van der Waals surface area (Å²) in [5.74, 6) is 1.96. The van der Waals surface area contributed by atoms with E-state index < -0.39 is 0 Å². The Morgan fingerprint density at radius 1 is 1.30 bits per heavy atom. The summed E-state index contributed by atoms with van der Waals surface area (Å²) in [4.78, 5) is 7.14. The smallest absolute Gasteiger partial charge is 0.198 e. The van der Waals surface area contributed by atoms with Gasteiger partial charge in [-0.15, -0.1) is 10.2 Å². The highest BCUT2D eigenvalue weighted by Gasteiger charge is 2.22. The average molecular weight is 371 g/mol. The molecule has 27 heavy (non-hydrogen) atoms. The van der Waals surface area contributed by atoms with E-state index in [9.17, 15) is 0 Å². The van der Waals surface area contributed by atoms with Gasteiger partial charge >= 0.3 is 0 Å². The molecule has 1 aromatic heterocycles. The quantitative estimate of drug-likeness (QED) is 0.417. The summed E-state index contributed by atoms with van der Waals surface area (Å²) in [5, 5.41) is 11.7. The van der Waals surface area contributed by atoms with Gasteiger partial charge < -0.3 is 19.5 Å². The SMILES string of the molecule is CCOCCCN=C(NCCn1cnnc1CC)N1CCc2ccccc21. The summed E-state index contributed by atoms with van der Waals surface area (Å²) >= 11 is 0. The Labute approximate surface area is 161 Å². The van der Waals surface area contributed by atoms with Gasteiger partial charge in [0.25, 0.3) is 0 Å². The first-order chi connectivity index (χ1) is 13.3. The van der Waals surface area contributed by atoms with E-state index in [0.29, 0.717) is 0 Å². The molecule has 0 fully saturated rings. The van der Waals surface area contributed by atoms with Crippen LogP contribution in [-0.4, -0.2) is 53.6 Å². The van der Waals surface area contributed by atoms with Crippen LogP contribution >= 0.6 is 0 Å². The molecule has 0 saturated carbocycles. The van der Waals surface area contributed by atoms with Gasteiger partial charge in [0.15, 0.2) is 5.96 Å². The minimum Gasteiger partial charge on any atom is -0.382 e. The van der Waals surface area contributed by atoms with E-state index >= 15 is 0 Å². The van der Waals surface area contributed by atoms with Crippen LogP contribution in [0, 0.1) is 0 Å². The lowest BCUT2D eigenvalue weighted by atomic mass is 10.2. The Hall–Kier alpha value is -2.41. The van der Waals surface area contributed by atoms with Crippen LogP contribution in [0.4, 0.5) is 5.69 Å². The molecule has 0 amide bonds. The summed E-state index contributed by atoms with van der Waals surface area (Å²) in [5.41, 5.74) is 2.64. The zero-order valence-electron chi connectivity index (χ0n) is 16.4. The lowest BCUT2D eigenvalue weighted by Gasteiger charge is -2.23. The van der Waals surface area contributed by atoms with Crippen LogP contribution in [0.5, 0.6) is 0 Å². The number of aliphatic imine (C=N–C) groups is 1. The Balaban J connectivity index is 1.64. The van der Waals surface area contributed by atoms with Gasteiger partial charge in [-0.05, 0) is 31.4 Å². The molecule has 1 aliphatic rings. The molecule has 0 atom stereocenters. The topological polar surface area (TPSA) is 67.6 Å². The van der Waals surface area contributed by atoms with E-state index in [1.165, 1.54) is 11.3 Å². The number of para-hydroxylation sites is 1. The zero-order valence-corrected chi connectivity index (χ0v) is 16.4. The van der Waals surface area contributed by atoms with Crippen molar-refractivity contribution in [2.45, 2.75) is 39.7 Å². The normalized spacial score (nSPS) is 13.9. The van der Waals surface area contributed by atoms with Crippen molar-refractivity contribution in [1.82, 2.24) is 20.1 Å². The molecule has 2 heterocycles. The fraction of sp³-hybridized carbons (Fsp3) is 0.550. The van der Waals surface area contributed by atoms with Crippen LogP contribution in [0.2, 0.25) is 0 Å². The van der Waals surface area contributed by atoms with Crippen LogP contribution < -0.4 is 10.2 Å². The third kappa shape index (κ3) is 5.07. The number of rotatable bonds is 9. The molecule has 1 N–H and O–H groups in total. The number of hydrogen-bond donors (Lipinski definition) is 1. The fourth-order valence-electron chi connectivity index (χ4n) is 3.32. The van der Waals surface area contributed by atoms with Crippen molar-refractivity contribution in [1.29, 1.82) is 0 Å². The van der Waals surface area contributed by atoms with E-state index in [4.69, 9.17) is 9.73 Å². The third-order valence-electron chi connectivity index (χ3n) is 4.70. The molecule has 0 bridgehead atoms. The van der Waals surface area contributed by atoms with Crippen molar-refractivity contribution < 1.29 is 4.74 Å². The minimum absolute atomic E-state index is 0.754. The van der Waals surface area contributed by atoms with Gasteiger partial charge in [0, 0.05) is 51.5 Å². The van der Waals surface area contributed by atoms with Gasteiger partial charge in [-0.2, -0.15) is 0 Å². The van der Waals surface area contributed by atoms with Gasteiger partial charge in [-0.1, -0.05) is 25.1 Å². The lowest BCUT2D eigenvalue weighted by Crippen LogP contribution is -2.42. The van der Waals surface area contributed by atoms with Gasteiger partial charge in [0.05, 0.1) is 0 Å². The van der Waals surface area contributed by atoms with E-state index in [0.717, 1.165) is 70.4 Å². The molecule has 7 nitrogen and oxygen atoms in total. The van der Waals surface area contributed by atoms with Gasteiger partial charge in [0.2, 0.25) is 0 Å². The van der Waals surface area contributed by atoms with Crippen molar-refractivity contribution in [3.05, 3.63) is 42.0 Å². The summed E-state index contributed by atoms with van der Waals surface area (Å²) in [6.45, 7) is 8.96. The molecule has 0 radical (unpaired) electrons. The molecule has 2 aromatic rings. The van der Waals surface area contributed by atoms with Gasteiger partial charge in [0.1, 0.15) is 12.2 Å². The van der Waals surface area contributed by atoms with E-state index in [-0.39, 0.29) is 0 Å². The maximum Gasteiger partial charge on any atom is 0.198 e. The second kappa shape index (κ2) is 10.1. The molecular formula is C20H30N6O. The van der Waals surface area contributed by atoms with Crippen molar-refractivity contribution >= 4 is 11.6 Å². The van der Waals surface area contributed by atoms with Gasteiger partial charge in [-0.25, -0.2) is 0 Å². The number of benzene rings is 1. The van der Waals surface area contributed by atoms with Crippen molar-refractivity contribution in [3.63, 3.8) is 0 Å². The first-order valence-electron chi connectivity index (χ1n) is 9.91. The molecule has 0 saturated heterocycles. The molecule has 1 aromatic carbocycles. The van der Waals surface area contributed by atoms with E-state index in [1.54, 1.807) is 6.33 Å². The van der Waals surface area contributed by atoms with Crippen LogP contribution in [0.3, 0.4) is 0 Å². The van der Waals surface area contributed by atoms with Crippen LogP contribution in [0.25, 0.3) is 0 Å². The molecule has 3 rings (SSSR count). The summed E-state index contributed by atoms with van der Waals surface area (Å²) in [7, 11) is 0. The second-order valence-electron chi connectivity index (χ2n) is 6.51. The third-order valence-corrected chi connectivity index (χ3v) is 4.70. The molecule has 146 valence electrons. The fourth-order valence-corrected chi connectivity index (χ4v) is 3.32. The number of aryl methyl sites for hydroxylation is 1. The Bertz CT molecular complexity index is 742. The second-order valence-corrected chi connectivity index (χ2v) is 6.51. The number of nitrogens with zero attached hydrogens (tertiary/aromatic N) is 5. The van der Waals surface area contributed by atoms with Crippen molar-refractivity contribution in [3.8, 4) is 0 Å². The molecule has 0 aliphatic carbocycles. The van der Waals surface area contributed by atoms with Crippen LogP contribution in [0.1, 0.15) is 31.7 Å². The number of ether oxygens (including phenoxy) is 1. The molecular weight excluding hydrogens is 340 g/mol.